The molecule has 0 bridgehead atoms. The summed E-state index contributed by atoms with van der Waals surface area (Å²) < 4.78 is 9.19. The number of ether oxygens (including phenoxy) is 1. The van der Waals surface area contributed by atoms with E-state index in [0.717, 1.165) is 40.0 Å². The quantitative estimate of drug-likeness (QED) is 0.383. The molecular weight excluding hydrogens is 317 g/mol. The first-order valence-electron chi connectivity index (χ1n) is 6.96. The molecule has 0 aliphatic rings. The minimum absolute atomic E-state index is 0. The number of nitrogens with zero attached hydrogens (tertiary/aromatic N) is 3. The number of fused-ring (bicyclic) bond motifs is 1. The van der Waals surface area contributed by atoms with Crippen LogP contribution in [0.3, 0.4) is 0 Å². The summed E-state index contributed by atoms with van der Waals surface area (Å²) in [5.74, 6) is 1.72. The van der Waals surface area contributed by atoms with E-state index in [1.165, 1.54) is 6.08 Å². The number of benzene rings is 1. The van der Waals surface area contributed by atoms with E-state index < -0.39 is 0 Å². The number of aryl methyl sites for hydroxylation is 2. The molecule has 0 radical (unpaired) electrons. The summed E-state index contributed by atoms with van der Waals surface area (Å²) in [7, 11) is 3.55. The maximum Gasteiger partial charge on any atom is 1.00 e. The first-order valence-corrected chi connectivity index (χ1v) is 6.96. The maximum atomic E-state index is 10.7. The van der Waals surface area contributed by atoms with Crippen LogP contribution in [0.15, 0.2) is 36.5 Å². The molecule has 6 heteroatoms. The number of hydrogen-bond acceptors (Lipinski definition) is 3. The number of methoxy groups -OCH3 is 1. The van der Waals surface area contributed by atoms with Crippen LogP contribution in [0, 0.1) is 6.92 Å². The van der Waals surface area contributed by atoms with Gasteiger partial charge in [-0.3, -0.25) is 9.48 Å². The van der Waals surface area contributed by atoms with E-state index in [0.29, 0.717) is 0 Å². The molecule has 2 heterocycles. The summed E-state index contributed by atoms with van der Waals surface area (Å²) in [5.41, 5.74) is 2.83. The van der Waals surface area contributed by atoms with Crippen LogP contribution in [-0.2, 0) is 11.8 Å². The Morgan fingerprint density at radius 1 is 1.30 bits per heavy atom. The fourth-order valence-electron chi connectivity index (χ4n) is 2.70. The zero-order chi connectivity index (χ0) is 15.7. The average Bonchev–Trinajstić information content (AvgIpc) is 3.04. The van der Waals surface area contributed by atoms with Crippen molar-refractivity contribution in [3.63, 3.8) is 0 Å². The molecule has 114 valence electrons. The van der Waals surface area contributed by atoms with E-state index in [1.807, 2.05) is 49.1 Å². The number of hydrogen-bond donors (Lipinski definition) is 0. The molecule has 0 spiro atoms. The van der Waals surface area contributed by atoms with Gasteiger partial charge in [0.15, 0.2) is 0 Å². The number of allylic oxidation sites excluding steroid dienone is 1. The van der Waals surface area contributed by atoms with Gasteiger partial charge in [0.25, 0.3) is 0 Å². The SMILES string of the molecule is COc1ccc2ccn(-c3c(/C=C/C=O)c(C)nn3C)c2c1.[H-].[K+]. The van der Waals surface area contributed by atoms with Crippen LogP contribution in [0.25, 0.3) is 22.8 Å². The molecule has 0 aliphatic carbocycles. The third-order valence-electron chi connectivity index (χ3n) is 3.71. The van der Waals surface area contributed by atoms with Gasteiger partial charge in [-0.15, -0.1) is 0 Å². The number of carbonyl (C=O) groups excluding carboxylic acids is 1. The van der Waals surface area contributed by atoms with Crippen LogP contribution >= 0.6 is 0 Å². The van der Waals surface area contributed by atoms with E-state index in [1.54, 1.807) is 13.2 Å². The molecule has 0 fully saturated rings. The molecule has 0 saturated carbocycles. The van der Waals surface area contributed by atoms with Gasteiger partial charge in [0.2, 0.25) is 0 Å². The molecule has 3 aromatic rings. The Labute approximate surface area is 178 Å². The van der Waals surface area contributed by atoms with Gasteiger partial charge in [0, 0.05) is 30.3 Å². The molecule has 23 heavy (non-hydrogen) atoms. The second-order valence-corrected chi connectivity index (χ2v) is 5.05. The van der Waals surface area contributed by atoms with Crippen molar-refractivity contribution in [3.8, 4) is 11.6 Å². The molecule has 5 nitrogen and oxygen atoms in total. The first kappa shape index (κ1) is 18.2. The third kappa shape index (κ3) is 3.36. The zero-order valence-corrected chi connectivity index (χ0v) is 16.9. The number of aldehydes is 1. The van der Waals surface area contributed by atoms with Crippen LogP contribution in [0.1, 0.15) is 12.7 Å². The summed E-state index contributed by atoms with van der Waals surface area (Å²) >= 11 is 0. The summed E-state index contributed by atoms with van der Waals surface area (Å²) in [5, 5.41) is 5.58. The Morgan fingerprint density at radius 3 is 2.78 bits per heavy atom. The van der Waals surface area contributed by atoms with Crippen molar-refractivity contribution < 1.29 is 62.3 Å². The van der Waals surface area contributed by atoms with E-state index in [9.17, 15) is 4.79 Å². The van der Waals surface area contributed by atoms with Crippen molar-refractivity contribution in [2.24, 2.45) is 7.05 Å². The topological polar surface area (TPSA) is 49.1 Å². The van der Waals surface area contributed by atoms with Crippen molar-refractivity contribution in [2.75, 3.05) is 7.11 Å². The predicted octanol–water partition coefficient (Wildman–Crippen LogP) is 0.00962. The van der Waals surface area contributed by atoms with Crippen LogP contribution in [0.4, 0.5) is 0 Å². The fraction of sp³-hybridized carbons (Fsp3) is 0.176. The van der Waals surface area contributed by atoms with E-state index in [-0.39, 0.29) is 52.8 Å². The van der Waals surface area contributed by atoms with Crippen LogP contribution < -0.4 is 56.1 Å². The molecule has 0 amide bonds. The largest absolute Gasteiger partial charge is 1.00 e. The first-order chi connectivity index (χ1) is 10.7. The predicted molar refractivity (Wildman–Crippen MR) is 87.5 cm³/mol. The zero-order valence-electron chi connectivity index (χ0n) is 14.8. The van der Waals surface area contributed by atoms with Gasteiger partial charge < -0.3 is 10.7 Å². The Kier molecular flexibility index (Phi) is 5.99. The monoisotopic (exact) mass is 335 g/mol. The fourth-order valence-corrected chi connectivity index (χ4v) is 2.70. The van der Waals surface area contributed by atoms with Gasteiger partial charge >= 0.3 is 51.4 Å². The van der Waals surface area contributed by atoms with Crippen molar-refractivity contribution in [1.82, 2.24) is 14.3 Å². The Morgan fingerprint density at radius 2 is 2.09 bits per heavy atom. The van der Waals surface area contributed by atoms with Crippen molar-refractivity contribution in [3.05, 3.63) is 47.8 Å². The van der Waals surface area contributed by atoms with E-state index in [2.05, 4.69) is 9.67 Å². The molecule has 0 unspecified atom stereocenters. The van der Waals surface area contributed by atoms with Crippen molar-refractivity contribution >= 4 is 23.3 Å². The summed E-state index contributed by atoms with van der Waals surface area (Å²) in [6, 6.07) is 8.00. The summed E-state index contributed by atoms with van der Waals surface area (Å²) in [6.07, 6.45) is 6.04. The Hall–Kier alpha value is -1.18. The Balaban J connectivity index is 0.00000144. The molecule has 0 aliphatic heterocycles. The van der Waals surface area contributed by atoms with Crippen LogP contribution in [0.2, 0.25) is 0 Å². The molecule has 0 N–H and O–H groups in total. The second-order valence-electron chi connectivity index (χ2n) is 5.05. The molecule has 0 saturated heterocycles. The van der Waals surface area contributed by atoms with Gasteiger partial charge in [0.1, 0.15) is 17.9 Å². The molecule has 0 atom stereocenters. The van der Waals surface area contributed by atoms with Crippen molar-refractivity contribution in [1.29, 1.82) is 0 Å². The maximum absolute atomic E-state index is 10.7. The number of carbonyl (C=O) groups is 1. The summed E-state index contributed by atoms with van der Waals surface area (Å²) in [6.45, 7) is 1.93. The van der Waals surface area contributed by atoms with Gasteiger partial charge in [-0.25, -0.2) is 0 Å². The number of aromatic nitrogens is 3. The van der Waals surface area contributed by atoms with Gasteiger partial charge in [-0.05, 0) is 37.3 Å². The minimum Gasteiger partial charge on any atom is -1.00 e. The van der Waals surface area contributed by atoms with Crippen molar-refractivity contribution in [2.45, 2.75) is 6.92 Å². The number of rotatable bonds is 4. The molecule has 2 aromatic heterocycles. The van der Waals surface area contributed by atoms with Crippen LogP contribution in [-0.4, -0.2) is 27.7 Å². The molecule has 1 aromatic carbocycles. The Bertz CT molecular complexity index is 883. The van der Waals surface area contributed by atoms with E-state index in [4.69, 9.17) is 4.74 Å². The van der Waals surface area contributed by atoms with Crippen LogP contribution in [0.5, 0.6) is 5.75 Å². The smallest absolute Gasteiger partial charge is 1.00 e. The molecule has 3 rings (SSSR count). The summed E-state index contributed by atoms with van der Waals surface area (Å²) in [4.78, 5) is 10.7. The second kappa shape index (κ2) is 7.59. The van der Waals surface area contributed by atoms with Gasteiger partial charge in [0.05, 0.1) is 18.3 Å². The molecular formula is C17H18KN3O2. The van der Waals surface area contributed by atoms with E-state index >= 15 is 0 Å². The minimum atomic E-state index is 0. The average molecular weight is 335 g/mol. The van der Waals surface area contributed by atoms with Gasteiger partial charge in [-0.1, -0.05) is 0 Å². The van der Waals surface area contributed by atoms with Gasteiger partial charge in [-0.2, -0.15) is 5.10 Å². The standard InChI is InChI=1S/C17H17N3O2.K.H/c1-12-15(5-4-10-21)17(19(2)18-12)20-9-8-13-6-7-14(22-3)11-16(13)20;;/h4-11H,1-3H3;;/q;+1;-1/b5-4+;;. The normalized spacial score (nSPS) is 10.9. The third-order valence-corrected chi connectivity index (χ3v) is 3.71.